The first-order valence-corrected chi connectivity index (χ1v) is 4.42. The Balaban J connectivity index is 4.45. The van der Waals surface area contributed by atoms with Crippen molar-refractivity contribution < 1.29 is 9.53 Å². The van der Waals surface area contributed by atoms with Gasteiger partial charge in [-0.3, -0.25) is 4.79 Å². The summed E-state index contributed by atoms with van der Waals surface area (Å²) in [6.45, 7) is 5.98. The molecule has 0 saturated carbocycles. The SMILES string of the molecule is C=C/C(=C\C(C=O)=C\Br)OCC. The van der Waals surface area contributed by atoms with Gasteiger partial charge in [-0.05, 0) is 24.1 Å². The van der Waals surface area contributed by atoms with Crippen LogP contribution in [0.5, 0.6) is 0 Å². The van der Waals surface area contributed by atoms with Gasteiger partial charge in [0.15, 0.2) is 6.29 Å². The Kier molecular flexibility index (Phi) is 6.38. The standard InChI is InChI=1S/C9H11BrO2/c1-3-9(12-4-2)5-8(6-10)7-11/h3,5-7H,1,4H2,2H3/b8-6-,9-5+. The molecule has 0 aromatic heterocycles. The van der Waals surface area contributed by atoms with Crippen molar-refractivity contribution in [1.29, 1.82) is 0 Å². The summed E-state index contributed by atoms with van der Waals surface area (Å²) in [5.74, 6) is 0.593. The number of carbonyl (C=O) groups excluding carboxylic acids is 1. The maximum atomic E-state index is 10.4. The molecule has 0 aromatic rings. The Labute approximate surface area is 80.7 Å². The number of aldehydes is 1. The third-order valence-corrected chi connectivity index (χ3v) is 1.61. The summed E-state index contributed by atoms with van der Waals surface area (Å²) in [7, 11) is 0. The predicted octanol–water partition coefficient (Wildman–Crippen LogP) is 2.57. The molecule has 2 nitrogen and oxygen atoms in total. The van der Waals surface area contributed by atoms with E-state index in [0.29, 0.717) is 17.9 Å². The second-order valence-corrected chi connectivity index (χ2v) is 2.37. The van der Waals surface area contributed by atoms with Crippen LogP contribution in [0.15, 0.2) is 35.0 Å². The van der Waals surface area contributed by atoms with Crippen molar-refractivity contribution in [1.82, 2.24) is 0 Å². The minimum Gasteiger partial charge on any atom is -0.494 e. The van der Waals surface area contributed by atoms with Gasteiger partial charge in [0, 0.05) is 5.57 Å². The summed E-state index contributed by atoms with van der Waals surface area (Å²) in [6.07, 6.45) is 3.90. The van der Waals surface area contributed by atoms with E-state index < -0.39 is 0 Å². The molecule has 0 fully saturated rings. The average molecular weight is 231 g/mol. The van der Waals surface area contributed by atoms with E-state index in [9.17, 15) is 4.79 Å². The number of ether oxygens (including phenoxy) is 1. The van der Waals surface area contributed by atoms with E-state index in [1.165, 1.54) is 4.99 Å². The van der Waals surface area contributed by atoms with E-state index in [-0.39, 0.29) is 0 Å². The summed E-state index contributed by atoms with van der Waals surface area (Å²) < 4.78 is 5.15. The van der Waals surface area contributed by atoms with Crippen LogP contribution < -0.4 is 0 Å². The zero-order valence-corrected chi connectivity index (χ0v) is 8.50. The minimum absolute atomic E-state index is 0.512. The number of hydrogen-bond donors (Lipinski definition) is 0. The summed E-state index contributed by atoms with van der Waals surface area (Å²) in [5, 5.41) is 0. The van der Waals surface area contributed by atoms with Gasteiger partial charge in [-0.2, -0.15) is 0 Å². The minimum atomic E-state index is 0.512. The van der Waals surface area contributed by atoms with Crippen molar-refractivity contribution in [3.8, 4) is 0 Å². The molecule has 0 rings (SSSR count). The maximum absolute atomic E-state index is 10.4. The molecular weight excluding hydrogens is 220 g/mol. The number of halogens is 1. The molecule has 0 aliphatic heterocycles. The molecule has 12 heavy (non-hydrogen) atoms. The van der Waals surface area contributed by atoms with E-state index in [4.69, 9.17) is 4.74 Å². The number of allylic oxidation sites excluding steroid dienone is 3. The number of hydrogen-bond acceptors (Lipinski definition) is 2. The summed E-state index contributed by atoms with van der Waals surface area (Å²) in [4.78, 5) is 11.9. The Hall–Kier alpha value is -0.830. The van der Waals surface area contributed by atoms with E-state index >= 15 is 0 Å². The third-order valence-electron chi connectivity index (χ3n) is 1.08. The van der Waals surface area contributed by atoms with Gasteiger partial charge in [0.1, 0.15) is 5.76 Å². The fraction of sp³-hybridized carbons (Fsp3) is 0.222. The van der Waals surface area contributed by atoms with Crippen molar-refractivity contribution in [3.05, 3.63) is 35.0 Å². The number of carbonyl (C=O) groups is 1. The van der Waals surface area contributed by atoms with Gasteiger partial charge >= 0.3 is 0 Å². The van der Waals surface area contributed by atoms with E-state index in [2.05, 4.69) is 22.5 Å². The first kappa shape index (κ1) is 11.2. The van der Waals surface area contributed by atoms with Crippen LogP contribution in [-0.2, 0) is 9.53 Å². The molecule has 0 heterocycles. The number of rotatable bonds is 5. The maximum Gasteiger partial charge on any atom is 0.150 e. The molecule has 0 aliphatic rings. The molecule has 0 atom stereocenters. The topological polar surface area (TPSA) is 26.3 Å². The van der Waals surface area contributed by atoms with Gasteiger partial charge in [0.25, 0.3) is 0 Å². The van der Waals surface area contributed by atoms with Crippen LogP contribution in [0.3, 0.4) is 0 Å². The lowest BCUT2D eigenvalue weighted by atomic mass is 10.3. The lowest BCUT2D eigenvalue weighted by molar-refractivity contribution is -0.104. The summed E-state index contributed by atoms with van der Waals surface area (Å²) in [5.41, 5.74) is 0.512. The largest absolute Gasteiger partial charge is 0.494 e. The monoisotopic (exact) mass is 230 g/mol. The smallest absolute Gasteiger partial charge is 0.150 e. The zero-order chi connectivity index (χ0) is 9.40. The lowest BCUT2D eigenvalue weighted by Crippen LogP contribution is -1.89. The van der Waals surface area contributed by atoms with Crippen LogP contribution in [0.25, 0.3) is 0 Å². The third kappa shape index (κ3) is 4.13. The Morgan fingerprint density at radius 2 is 2.33 bits per heavy atom. The highest BCUT2D eigenvalue weighted by Crippen LogP contribution is 2.05. The highest BCUT2D eigenvalue weighted by atomic mass is 79.9. The molecule has 0 aromatic carbocycles. The molecular formula is C9H11BrO2. The van der Waals surface area contributed by atoms with E-state index in [0.717, 1.165) is 6.29 Å². The molecule has 0 aliphatic carbocycles. The Morgan fingerprint density at radius 1 is 1.67 bits per heavy atom. The van der Waals surface area contributed by atoms with Crippen molar-refractivity contribution in [3.63, 3.8) is 0 Å². The van der Waals surface area contributed by atoms with E-state index in [1.54, 1.807) is 12.2 Å². The van der Waals surface area contributed by atoms with Gasteiger partial charge in [0.2, 0.25) is 0 Å². The summed E-state index contributed by atoms with van der Waals surface area (Å²) in [6, 6.07) is 0. The molecule has 0 bridgehead atoms. The lowest BCUT2D eigenvalue weighted by Gasteiger charge is -2.01. The Morgan fingerprint density at radius 3 is 2.67 bits per heavy atom. The fourth-order valence-electron chi connectivity index (χ4n) is 0.582. The van der Waals surface area contributed by atoms with Crippen molar-refractivity contribution in [2.24, 2.45) is 0 Å². The van der Waals surface area contributed by atoms with Crippen LogP contribution in [0.2, 0.25) is 0 Å². The first-order valence-electron chi connectivity index (χ1n) is 3.51. The highest BCUT2D eigenvalue weighted by molar-refractivity contribution is 9.11. The van der Waals surface area contributed by atoms with Crippen LogP contribution in [0.1, 0.15) is 6.92 Å². The zero-order valence-electron chi connectivity index (χ0n) is 6.92. The quantitative estimate of drug-likeness (QED) is 0.314. The van der Waals surface area contributed by atoms with Crippen molar-refractivity contribution in [2.75, 3.05) is 6.61 Å². The van der Waals surface area contributed by atoms with Crippen LogP contribution in [-0.4, -0.2) is 12.9 Å². The van der Waals surface area contributed by atoms with Crippen LogP contribution in [0, 0.1) is 0 Å². The molecule has 0 unspecified atom stereocenters. The highest BCUT2D eigenvalue weighted by Gasteiger charge is 1.93. The second-order valence-electron chi connectivity index (χ2n) is 1.91. The Bertz CT molecular complexity index is 217. The predicted molar refractivity (Wildman–Crippen MR) is 53.0 cm³/mol. The van der Waals surface area contributed by atoms with Gasteiger partial charge in [0.05, 0.1) is 6.61 Å². The van der Waals surface area contributed by atoms with Gasteiger partial charge in [-0.25, -0.2) is 0 Å². The fourth-order valence-corrected chi connectivity index (χ4v) is 0.822. The van der Waals surface area contributed by atoms with Crippen molar-refractivity contribution in [2.45, 2.75) is 6.92 Å². The van der Waals surface area contributed by atoms with Gasteiger partial charge < -0.3 is 4.74 Å². The van der Waals surface area contributed by atoms with E-state index in [1.807, 2.05) is 6.92 Å². The normalized spacial score (nSPS) is 12.5. The van der Waals surface area contributed by atoms with Gasteiger partial charge in [-0.1, -0.05) is 22.5 Å². The second kappa shape index (κ2) is 6.85. The van der Waals surface area contributed by atoms with Crippen LogP contribution in [0.4, 0.5) is 0 Å². The molecule has 0 saturated heterocycles. The van der Waals surface area contributed by atoms with Crippen molar-refractivity contribution >= 4 is 22.2 Å². The summed E-state index contributed by atoms with van der Waals surface area (Å²) >= 11 is 3.06. The average Bonchev–Trinajstić information content (AvgIpc) is 2.12. The molecule has 0 spiro atoms. The van der Waals surface area contributed by atoms with Gasteiger partial charge in [-0.15, -0.1) is 0 Å². The first-order chi connectivity index (χ1) is 5.78. The van der Waals surface area contributed by atoms with Crippen LogP contribution >= 0.6 is 15.9 Å². The molecule has 3 heteroatoms. The molecule has 0 N–H and O–H groups in total. The molecule has 0 amide bonds. The molecule has 66 valence electrons. The molecule has 0 radical (unpaired) electrons.